The zero-order valence-corrected chi connectivity index (χ0v) is 13.4. The van der Waals surface area contributed by atoms with Crippen molar-refractivity contribution in [3.8, 4) is 0 Å². The van der Waals surface area contributed by atoms with Crippen LogP contribution in [0.1, 0.15) is 63.5 Å². The highest BCUT2D eigenvalue weighted by molar-refractivity contribution is 5.77. The van der Waals surface area contributed by atoms with Crippen molar-refractivity contribution in [1.82, 2.24) is 10.3 Å². The first-order chi connectivity index (χ1) is 10.6. The molecule has 0 radical (unpaired) electrons. The Kier molecular flexibility index (Phi) is 3.47. The maximum absolute atomic E-state index is 12.6. The average Bonchev–Trinajstić information content (AvgIpc) is 2.45. The van der Waals surface area contributed by atoms with Crippen LogP contribution >= 0.6 is 0 Å². The number of amides is 1. The molecule has 0 spiro atoms. The molecule has 0 saturated heterocycles. The summed E-state index contributed by atoms with van der Waals surface area (Å²) < 4.78 is 0. The zero-order chi connectivity index (χ0) is 15.2. The first-order valence-electron chi connectivity index (χ1n) is 8.81. The predicted octanol–water partition coefficient (Wildman–Crippen LogP) is 3.87. The third kappa shape index (κ3) is 2.66. The van der Waals surface area contributed by atoms with E-state index in [1.807, 2.05) is 12.1 Å². The Balaban J connectivity index is 1.40. The first-order valence-corrected chi connectivity index (χ1v) is 8.81. The summed E-state index contributed by atoms with van der Waals surface area (Å²) in [7, 11) is 0. The van der Waals surface area contributed by atoms with Gasteiger partial charge in [0.2, 0.25) is 5.91 Å². The number of nitrogens with zero attached hydrogens (tertiary/aromatic N) is 1. The number of hydrogen-bond acceptors (Lipinski definition) is 2. The summed E-state index contributed by atoms with van der Waals surface area (Å²) in [6.45, 7) is 2.06. The highest BCUT2D eigenvalue weighted by Crippen LogP contribution is 2.61. The monoisotopic (exact) mass is 298 g/mol. The molecule has 4 aliphatic rings. The lowest BCUT2D eigenvalue weighted by Crippen LogP contribution is -2.48. The molecule has 22 heavy (non-hydrogen) atoms. The molecule has 4 bridgehead atoms. The molecule has 1 atom stereocenters. The molecular formula is C19H26N2O. The number of pyridine rings is 1. The van der Waals surface area contributed by atoms with E-state index in [0.717, 1.165) is 29.7 Å². The lowest BCUT2D eigenvalue weighted by molar-refractivity contribution is -0.130. The molecule has 5 rings (SSSR count). The van der Waals surface area contributed by atoms with Gasteiger partial charge in [-0.1, -0.05) is 0 Å². The van der Waals surface area contributed by atoms with Gasteiger partial charge in [-0.3, -0.25) is 9.78 Å². The van der Waals surface area contributed by atoms with Gasteiger partial charge in [0, 0.05) is 18.8 Å². The van der Waals surface area contributed by atoms with Crippen LogP contribution in [0.2, 0.25) is 0 Å². The molecule has 118 valence electrons. The van der Waals surface area contributed by atoms with Crippen molar-refractivity contribution in [3.63, 3.8) is 0 Å². The van der Waals surface area contributed by atoms with Crippen molar-refractivity contribution >= 4 is 5.91 Å². The molecule has 4 aliphatic carbocycles. The van der Waals surface area contributed by atoms with Crippen molar-refractivity contribution in [2.45, 2.75) is 57.9 Å². The summed E-state index contributed by atoms with van der Waals surface area (Å²) in [6, 6.07) is 4.04. The minimum Gasteiger partial charge on any atom is -0.350 e. The third-order valence-electron chi connectivity index (χ3n) is 6.28. The van der Waals surface area contributed by atoms with Crippen molar-refractivity contribution in [1.29, 1.82) is 0 Å². The van der Waals surface area contributed by atoms with Gasteiger partial charge < -0.3 is 5.32 Å². The molecule has 1 aromatic heterocycles. The molecule has 0 aromatic carbocycles. The predicted molar refractivity (Wildman–Crippen MR) is 86.0 cm³/mol. The normalized spacial score (nSPS) is 37.0. The Morgan fingerprint density at radius 2 is 1.73 bits per heavy atom. The molecule has 1 amide bonds. The second kappa shape index (κ2) is 5.36. The maximum atomic E-state index is 12.6. The van der Waals surface area contributed by atoms with Gasteiger partial charge in [0.05, 0.1) is 6.04 Å². The van der Waals surface area contributed by atoms with Crippen LogP contribution in [0.15, 0.2) is 24.5 Å². The lowest BCUT2D eigenvalue weighted by atomic mass is 9.49. The van der Waals surface area contributed by atoms with E-state index in [4.69, 9.17) is 0 Å². The molecule has 4 fully saturated rings. The maximum Gasteiger partial charge on any atom is 0.221 e. The van der Waals surface area contributed by atoms with Gasteiger partial charge in [-0.2, -0.15) is 0 Å². The van der Waals surface area contributed by atoms with Gasteiger partial charge >= 0.3 is 0 Å². The van der Waals surface area contributed by atoms with E-state index in [0.29, 0.717) is 5.41 Å². The van der Waals surface area contributed by atoms with Gasteiger partial charge in [-0.05, 0) is 86.3 Å². The van der Waals surface area contributed by atoms with Crippen molar-refractivity contribution in [2.75, 3.05) is 0 Å². The lowest BCUT2D eigenvalue weighted by Gasteiger charge is -2.56. The quantitative estimate of drug-likeness (QED) is 0.917. The van der Waals surface area contributed by atoms with E-state index in [2.05, 4.69) is 17.2 Å². The van der Waals surface area contributed by atoms with E-state index in [9.17, 15) is 4.79 Å². The standard InChI is InChI=1S/C19H26N2O/c1-13(17-2-4-20-5-3-17)21-18(22)12-19-9-14-6-15(10-19)8-16(7-14)11-19/h2-5,13-16H,6-12H2,1H3,(H,21,22). The Hall–Kier alpha value is -1.38. The van der Waals surface area contributed by atoms with E-state index >= 15 is 0 Å². The fourth-order valence-corrected chi connectivity index (χ4v) is 5.88. The molecule has 3 heteroatoms. The Labute approximate surface area is 132 Å². The van der Waals surface area contributed by atoms with E-state index in [-0.39, 0.29) is 11.9 Å². The van der Waals surface area contributed by atoms with E-state index in [1.165, 1.54) is 38.5 Å². The summed E-state index contributed by atoms with van der Waals surface area (Å²) in [5.74, 6) is 2.98. The average molecular weight is 298 g/mol. The Morgan fingerprint density at radius 3 is 2.27 bits per heavy atom. The minimum atomic E-state index is 0.0735. The van der Waals surface area contributed by atoms with Gasteiger partial charge in [-0.15, -0.1) is 0 Å². The third-order valence-corrected chi connectivity index (χ3v) is 6.28. The van der Waals surface area contributed by atoms with Crippen LogP contribution in [0.4, 0.5) is 0 Å². The highest BCUT2D eigenvalue weighted by atomic mass is 16.1. The molecule has 1 unspecified atom stereocenters. The topological polar surface area (TPSA) is 42.0 Å². The van der Waals surface area contributed by atoms with Crippen LogP contribution in [0, 0.1) is 23.2 Å². The first kappa shape index (κ1) is 14.2. The summed E-state index contributed by atoms with van der Waals surface area (Å²) in [4.78, 5) is 16.6. The number of aromatic nitrogens is 1. The molecular weight excluding hydrogens is 272 g/mol. The highest BCUT2D eigenvalue weighted by Gasteiger charge is 2.51. The van der Waals surface area contributed by atoms with Crippen molar-refractivity contribution in [2.24, 2.45) is 23.2 Å². The Bertz CT molecular complexity index is 519. The second-order valence-electron chi connectivity index (χ2n) is 8.16. The number of carbonyl (C=O) groups is 1. The number of hydrogen-bond donors (Lipinski definition) is 1. The largest absolute Gasteiger partial charge is 0.350 e. The van der Waals surface area contributed by atoms with Gasteiger partial charge in [-0.25, -0.2) is 0 Å². The molecule has 4 saturated carbocycles. The molecule has 1 heterocycles. The number of carbonyl (C=O) groups excluding carboxylic acids is 1. The zero-order valence-electron chi connectivity index (χ0n) is 13.4. The summed E-state index contributed by atoms with van der Waals surface area (Å²) in [6.07, 6.45) is 12.5. The SMILES string of the molecule is CC(NC(=O)CC12CC3CC(CC(C3)C1)C2)c1ccncc1. The number of nitrogens with one attached hydrogen (secondary N) is 1. The van der Waals surface area contributed by atoms with Crippen LogP contribution in [0.5, 0.6) is 0 Å². The molecule has 0 aliphatic heterocycles. The van der Waals surface area contributed by atoms with Crippen LogP contribution in [-0.4, -0.2) is 10.9 Å². The summed E-state index contributed by atoms with van der Waals surface area (Å²) in [5, 5.41) is 3.20. The van der Waals surface area contributed by atoms with Crippen molar-refractivity contribution < 1.29 is 4.79 Å². The van der Waals surface area contributed by atoms with E-state index < -0.39 is 0 Å². The molecule has 3 nitrogen and oxygen atoms in total. The van der Waals surface area contributed by atoms with Crippen LogP contribution in [0.25, 0.3) is 0 Å². The second-order valence-corrected chi connectivity index (χ2v) is 8.16. The number of rotatable bonds is 4. The van der Waals surface area contributed by atoms with Crippen LogP contribution < -0.4 is 5.32 Å². The fourth-order valence-electron chi connectivity index (χ4n) is 5.88. The fraction of sp³-hybridized carbons (Fsp3) is 0.684. The molecule has 1 aromatic rings. The van der Waals surface area contributed by atoms with Gasteiger partial charge in [0.25, 0.3) is 0 Å². The summed E-state index contributed by atoms with van der Waals surface area (Å²) in [5.41, 5.74) is 1.46. The smallest absolute Gasteiger partial charge is 0.221 e. The van der Waals surface area contributed by atoms with Crippen LogP contribution in [-0.2, 0) is 4.79 Å². The summed E-state index contributed by atoms with van der Waals surface area (Å²) >= 11 is 0. The van der Waals surface area contributed by atoms with Gasteiger partial charge in [0.15, 0.2) is 0 Å². The molecule has 1 N–H and O–H groups in total. The Morgan fingerprint density at radius 1 is 1.18 bits per heavy atom. The van der Waals surface area contributed by atoms with Crippen molar-refractivity contribution in [3.05, 3.63) is 30.1 Å². The minimum absolute atomic E-state index is 0.0735. The van der Waals surface area contributed by atoms with Gasteiger partial charge in [0.1, 0.15) is 0 Å². The van der Waals surface area contributed by atoms with E-state index in [1.54, 1.807) is 12.4 Å². The van der Waals surface area contributed by atoms with Crippen LogP contribution in [0.3, 0.4) is 0 Å².